The van der Waals surface area contributed by atoms with Crippen LogP contribution in [0.1, 0.15) is 142 Å². The van der Waals surface area contributed by atoms with E-state index in [2.05, 4.69) is 23.6 Å². The Bertz CT molecular complexity index is 288. The summed E-state index contributed by atoms with van der Waals surface area (Å²) in [7, 11) is 0. The molecule has 0 amide bonds. The van der Waals surface area contributed by atoms with Gasteiger partial charge in [0.2, 0.25) is 0 Å². The van der Waals surface area contributed by atoms with Crippen molar-refractivity contribution >= 4 is 0 Å². The summed E-state index contributed by atoms with van der Waals surface area (Å²) < 4.78 is 0. The largest absolute Gasteiger partial charge is 0.289 e. The molecule has 174 valence electrons. The first-order valence-corrected chi connectivity index (χ1v) is 13.8. The highest BCUT2D eigenvalue weighted by atomic mass is 15.4. The highest BCUT2D eigenvalue weighted by molar-refractivity contribution is 4.71. The first-order chi connectivity index (χ1) is 14.4. The molecule has 0 saturated carbocycles. The van der Waals surface area contributed by atoms with Gasteiger partial charge >= 0.3 is 0 Å². The summed E-state index contributed by atoms with van der Waals surface area (Å²) in [6.07, 6.45) is 29.0. The van der Waals surface area contributed by atoms with Gasteiger partial charge < -0.3 is 0 Å². The van der Waals surface area contributed by atoms with Gasteiger partial charge in [0.15, 0.2) is 0 Å². The van der Waals surface area contributed by atoms with E-state index in [0.29, 0.717) is 0 Å². The topological polar surface area (TPSA) is 6.48 Å². The Labute approximate surface area is 185 Å². The van der Waals surface area contributed by atoms with Gasteiger partial charge in [-0.2, -0.15) is 0 Å². The Morgan fingerprint density at radius 2 is 0.655 bits per heavy atom. The lowest BCUT2D eigenvalue weighted by Gasteiger charge is -2.18. The van der Waals surface area contributed by atoms with E-state index in [9.17, 15) is 0 Å². The molecule has 0 spiro atoms. The lowest BCUT2D eigenvalue weighted by atomic mass is 10.1. The molecule has 0 N–H and O–H groups in total. The Morgan fingerprint density at radius 1 is 0.379 bits per heavy atom. The normalized spacial score (nSPS) is 15.5. The van der Waals surface area contributed by atoms with Gasteiger partial charge in [0.1, 0.15) is 0 Å². The molecular formula is C27H56N2. The van der Waals surface area contributed by atoms with Crippen LogP contribution in [0.5, 0.6) is 0 Å². The Balaban J connectivity index is 1.79. The van der Waals surface area contributed by atoms with Gasteiger partial charge in [0, 0.05) is 13.1 Å². The predicted molar refractivity (Wildman–Crippen MR) is 132 cm³/mol. The average molecular weight is 409 g/mol. The van der Waals surface area contributed by atoms with Crippen LogP contribution in [0, 0.1) is 0 Å². The molecule has 0 aliphatic carbocycles. The smallest absolute Gasteiger partial charge is 0.0507 e. The van der Waals surface area contributed by atoms with Crippen LogP contribution < -0.4 is 0 Å². The highest BCUT2D eigenvalue weighted by Gasteiger charge is 2.18. The second-order valence-electron chi connectivity index (χ2n) is 9.74. The number of unbranched alkanes of at least 4 members (excludes halogenated alkanes) is 18. The molecule has 0 aromatic carbocycles. The van der Waals surface area contributed by atoms with Gasteiger partial charge in [-0.3, -0.25) is 9.80 Å². The van der Waals surface area contributed by atoms with E-state index in [-0.39, 0.29) is 0 Å². The fourth-order valence-electron chi connectivity index (χ4n) is 4.72. The SMILES string of the molecule is CCCCCCCCCCCCN1CCN(CCCCCCCCCCCC)C1. The first kappa shape index (κ1) is 27.0. The Hall–Kier alpha value is -0.0800. The summed E-state index contributed by atoms with van der Waals surface area (Å²) in [4.78, 5) is 5.39. The van der Waals surface area contributed by atoms with Crippen LogP contribution in [0.3, 0.4) is 0 Å². The molecule has 1 fully saturated rings. The molecule has 2 heteroatoms. The van der Waals surface area contributed by atoms with Crippen molar-refractivity contribution < 1.29 is 0 Å². The molecule has 1 heterocycles. The van der Waals surface area contributed by atoms with Crippen LogP contribution in [-0.2, 0) is 0 Å². The third-order valence-corrected chi connectivity index (χ3v) is 6.79. The van der Waals surface area contributed by atoms with Crippen LogP contribution in [0.15, 0.2) is 0 Å². The van der Waals surface area contributed by atoms with Gasteiger partial charge in [-0.25, -0.2) is 0 Å². The maximum absolute atomic E-state index is 2.70. The fraction of sp³-hybridized carbons (Fsp3) is 1.00. The predicted octanol–water partition coefficient (Wildman–Crippen LogP) is 8.40. The van der Waals surface area contributed by atoms with E-state index in [1.807, 2.05) is 0 Å². The summed E-state index contributed by atoms with van der Waals surface area (Å²) in [6.45, 7) is 11.2. The summed E-state index contributed by atoms with van der Waals surface area (Å²) in [5.74, 6) is 0. The lowest BCUT2D eigenvalue weighted by Crippen LogP contribution is -2.27. The van der Waals surface area contributed by atoms with Crippen molar-refractivity contribution in [1.82, 2.24) is 9.80 Å². The second kappa shape index (κ2) is 21.2. The van der Waals surface area contributed by atoms with Crippen LogP contribution in [0.2, 0.25) is 0 Å². The zero-order valence-electron chi connectivity index (χ0n) is 20.6. The summed E-state index contributed by atoms with van der Waals surface area (Å²) >= 11 is 0. The zero-order chi connectivity index (χ0) is 20.8. The molecule has 1 rings (SSSR count). The van der Waals surface area contributed by atoms with Crippen LogP contribution in [-0.4, -0.2) is 42.6 Å². The molecule has 0 aromatic rings. The van der Waals surface area contributed by atoms with E-state index in [1.165, 1.54) is 161 Å². The van der Waals surface area contributed by atoms with E-state index >= 15 is 0 Å². The van der Waals surface area contributed by atoms with E-state index in [4.69, 9.17) is 0 Å². The fourth-order valence-corrected chi connectivity index (χ4v) is 4.72. The number of nitrogens with zero attached hydrogens (tertiary/aromatic N) is 2. The van der Waals surface area contributed by atoms with E-state index in [1.54, 1.807) is 0 Å². The number of rotatable bonds is 22. The third kappa shape index (κ3) is 17.3. The summed E-state index contributed by atoms with van der Waals surface area (Å²) in [6, 6.07) is 0. The van der Waals surface area contributed by atoms with Gasteiger partial charge in [0.05, 0.1) is 6.67 Å². The molecule has 1 aliphatic heterocycles. The molecular weight excluding hydrogens is 352 g/mol. The molecule has 0 aromatic heterocycles. The quantitative estimate of drug-likeness (QED) is 0.166. The zero-order valence-corrected chi connectivity index (χ0v) is 20.6. The lowest BCUT2D eigenvalue weighted by molar-refractivity contribution is 0.238. The van der Waals surface area contributed by atoms with Crippen molar-refractivity contribution in [3.05, 3.63) is 0 Å². The molecule has 2 nitrogen and oxygen atoms in total. The molecule has 1 aliphatic rings. The Kier molecular flexibility index (Phi) is 19.7. The maximum atomic E-state index is 2.70. The number of hydrogen-bond acceptors (Lipinski definition) is 2. The summed E-state index contributed by atoms with van der Waals surface area (Å²) in [5, 5.41) is 0. The monoisotopic (exact) mass is 408 g/mol. The molecule has 0 atom stereocenters. The van der Waals surface area contributed by atoms with Crippen molar-refractivity contribution in [1.29, 1.82) is 0 Å². The Morgan fingerprint density at radius 3 is 0.966 bits per heavy atom. The minimum atomic E-state index is 1.24. The summed E-state index contributed by atoms with van der Waals surface area (Å²) in [5.41, 5.74) is 0. The molecule has 29 heavy (non-hydrogen) atoms. The van der Waals surface area contributed by atoms with Crippen molar-refractivity contribution in [3.8, 4) is 0 Å². The highest BCUT2D eigenvalue weighted by Crippen LogP contribution is 2.14. The van der Waals surface area contributed by atoms with E-state index in [0.717, 1.165) is 0 Å². The average Bonchev–Trinajstić information content (AvgIpc) is 3.18. The number of hydrogen-bond donors (Lipinski definition) is 0. The van der Waals surface area contributed by atoms with Crippen molar-refractivity contribution in [2.75, 3.05) is 32.8 Å². The minimum absolute atomic E-state index is 1.24. The molecule has 0 radical (unpaired) electrons. The van der Waals surface area contributed by atoms with Crippen LogP contribution in [0.4, 0.5) is 0 Å². The second-order valence-corrected chi connectivity index (χ2v) is 9.74. The maximum Gasteiger partial charge on any atom is 0.0507 e. The third-order valence-electron chi connectivity index (χ3n) is 6.79. The van der Waals surface area contributed by atoms with Crippen molar-refractivity contribution in [2.24, 2.45) is 0 Å². The first-order valence-electron chi connectivity index (χ1n) is 13.8. The van der Waals surface area contributed by atoms with Gasteiger partial charge in [-0.1, -0.05) is 129 Å². The molecule has 0 bridgehead atoms. The van der Waals surface area contributed by atoms with Gasteiger partial charge in [-0.15, -0.1) is 0 Å². The van der Waals surface area contributed by atoms with Gasteiger partial charge in [0.25, 0.3) is 0 Å². The molecule has 1 saturated heterocycles. The van der Waals surface area contributed by atoms with Crippen LogP contribution in [0.25, 0.3) is 0 Å². The van der Waals surface area contributed by atoms with E-state index < -0.39 is 0 Å². The minimum Gasteiger partial charge on any atom is -0.289 e. The van der Waals surface area contributed by atoms with Crippen molar-refractivity contribution in [3.63, 3.8) is 0 Å². The van der Waals surface area contributed by atoms with Crippen molar-refractivity contribution in [2.45, 2.75) is 142 Å². The molecule has 0 unspecified atom stereocenters. The van der Waals surface area contributed by atoms with Gasteiger partial charge in [-0.05, 0) is 25.9 Å². The van der Waals surface area contributed by atoms with Crippen LogP contribution >= 0.6 is 0 Å². The standard InChI is InChI=1S/C27H56N2/c1-3-5-7-9-11-13-15-17-19-21-23-28-25-26-29(27-28)24-22-20-18-16-14-12-10-8-6-4-2/h3-27H2,1-2H3.